The Labute approximate surface area is 63.2 Å². The van der Waals surface area contributed by atoms with Crippen LogP contribution >= 0.6 is 0 Å². The zero-order chi connectivity index (χ0) is 7.56. The first-order valence-electron chi connectivity index (χ1n) is 4.24. The van der Waals surface area contributed by atoms with Crippen LogP contribution in [0.15, 0.2) is 0 Å². The molecule has 0 aliphatic carbocycles. The molecule has 3 N–H and O–H groups in total. The fourth-order valence-electron chi connectivity index (χ4n) is 1.63. The highest BCUT2D eigenvalue weighted by atomic mass is 15.0. The second kappa shape index (κ2) is 3.35. The van der Waals surface area contributed by atoms with Gasteiger partial charge >= 0.3 is 0 Å². The summed E-state index contributed by atoms with van der Waals surface area (Å²) in [6.45, 7) is 5.47. The maximum Gasteiger partial charge on any atom is 0.0206 e. The molecule has 0 aromatic rings. The van der Waals surface area contributed by atoms with E-state index in [0.717, 1.165) is 6.54 Å². The quantitative estimate of drug-likeness (QED) is 0.596. The Morgan fingerprint density at radius 1 is 1.60 bits per heavy atom. The summed E-state index contributed by atoms with van der Waals surface area (Å²) in [5.74, 6) is 0.667. The molecule has 1 rings (SSSR count). The average molecular weight is 142 g/mol. The molecular weight excluding hydrogens is 124 g/mol. The second-order valence-corrected chi connectivity index (χ2v) is 3.33. The normalized spacial score (nSPS) is 40.5. The van der Waals surface area contributed by atoms with Crippen LogP contribution in [-0.4, -0.2) is 18.6 Å². The molecule has 1 heterocycles. The summed E-state index contributed by atoms with van der Waals surface area (Å²) in [5.41, 5.74) is 5.84. The molecule has 0 amide bonds. The minimum Gasteiger partial charge on any atom is -0.326 e. The number of hydrogen-bond donors (Lipinski definition) is 2. The lowest BCUT2D eigenvalue weighted by Gasteiger charge is -2.15. The smallest absolute Gasteiger partial charge is 0.0206 e. The van der Waals surface area contributed by atoms with Crippen LogP contribution in [0.5, 0.6) is 0 Å². The highest BCUT2D eigenvalue weighted by molar-refractivity contribution is 4.89. The molecule has 1 aliphatic rings. The molecule has 1 aliphatic heterocycles. The van der Waals surface area contributed by atoms with Crippen molar-refractivity contribution in [3.63, 3.8) is 0 Å². The number of hydrogen-bond acceptors (Lipinski definition) is 2. The highest BCUT2D eigenvalue weighted by Gasteiger charge is 2.28. The van der Waals surface area contributed by atoms with Gasteiger partial charge in [-0.2, -0.15) is 0 Å². The molecule has 0 aromatic carbocycles. The van der Waals surface area contributed by atoms with Gasteiger partial charge in [-0.25, -0.2) is 0 Å². The molecular formula is C8H18N2. The molecule has 1 unspecified atom stereocenters. The summed E-state index contributed by atoms with van der Waals surface area (Å²) in [5, 5.41) is 3.43. The summed E-state index contributed by atoms with van der Waals surface area (Å²) < 4.78 is 0. The van der Waals surface area contributed by atoms with Gasteiger partial charge in [-0.15, -0.1) is 0 Å². The van der Waals surface area contributed by atoms with Crippen molar-refractivity contribution in [2.24, 2.45) is 11.7 Å². The zero-order valence-electron chi connectivity index (χ0n) is 6.93. The van der Waals surface area contributed by atoms with Crippen LogP contribution < -0.4 is 11.1 Å². The van der Waals surface area contributed by atoms with Gasteiger partial charge in [-0.05, 0) is 12.3 Å². The van der Waals surface area contributed by atoms with Gasteiger partial charge < -0.3 is 11.1 Å². The maximum atomic E-state index is 5.84. The first kappa shape index (κ1) is 8.02. The van der Waals surface area contributed by atoms with E-state index < -0.39 is 0 Å². The molecule has 2 heteroatoms. The van der Waals surface area contributed by atoms with Gasteiger partial charge in [0, 0.05) is 18.6 Å². The lowest BCUT2D eigenvalue weighted by Crippen LogP contribution is -2.29. The van der Waals surface area contributed by atoms with Gasteiger partial charge in [0.05, 0.1) is 0 Å². The van der Waals surface area contributed by atoms with E-state index in [0.29, 0.717) is 18.0 Å². The summed E-state index contributed by atoms with van der Waals surface area (Å²) in [7, 11) is 0. The lowest BCUT2D eigenvalue weighted by molar-refractivity contribution is 0.427. The Morgan fingerprint density at radius 2 is 2.30 bits per heavy atom. The van der Waals surface area contributed by atoms with Crippen molar-refractivity contribution in [3.8, 4) is 0 Å². The lowest BCUT2D eigenvalue weighted by atomic mass is 9.96. The van der Waals surface area contributed by atoms with Crippen LogP contribution in [0.4, 0.5) is 0 Å². The standard InChI is InChI=1S/C8H18N2/c1-3-4-8-6(2)7(9)5-10-8/h6-8,10H,3-5,9H2,1-2H3/t6-,7+,8?/m1/s1. The summed E-state index contributed by atoms with van der Waals surface area (Å²) in [6.07, 6.45) is 2.53. The monoisotopic (exact) mass is 142 g/mol. The molecule has 60 valence electrons. The fraction of sp³-hybridized carbons (Fsp3) is 1.00. The van der Waals surface area contributed by atoms with Gasteiger partial charge in [0.2, 0.25) is 0 Å². The molecule has 3 atom stereocenters. The van der Waals surface area contributed by atoms with Crippen molar-refractivity contribution in [1.29, 1.82) is 0 Å². The Hall–Kier alpha value is -0.0800. The van der Waals surface area contributed by atoms with E-state index in [1.54, 1.807) is 0 Å². The topological polar surface area (TPSA) is 38.0 Å². The summed E-state index contributed by atoms with van der Waals surface area (Å²) >= 11 is 0. The SMILES string of the molecule is CCCC1NC[C@H](N)[C@H]1C. The second-order valence-electron chi connectivity index (χ2n) is 3.33. The van der Waals surface area contributed by atoms with E-state index in [-0.39, 0.29) is 0 Å². The van der Waals surface area contributed by atoms with Gasteiger partial charge in [0.25, 0.3) is 0 Å². The first-order chi connectivity index (χ1) is 4.75. The molecule has 0 saturated carbocycles. The van der Waals surface area contributed by atoms with E-state index >= 15 is 0 Å². The van der Waals surface area contributed by atoms with Crippen LogP contribution in [0.1, 0.15) is 26.7 Å². The Morgan fingerprint density at radius 3 is 2.70 bits per heavy atom. The Balaban J connectivity index is 2.33. The van der Waals surface area contributed by atoms with Crippen LogP contribution in [0.25, 0.3) is 0 Å². The van der Waals surface area contributed by atoms with E-state index in [1.807, 2.05) is 0 Å². The minimum atomic E-state index is 0.386. The molecule has 0 aromatic heterocycles. The Bertz CT molecular complexity index is 101. The van der Waals surface area contributed by atoms with E-state index in [2.05, 4.69) is 19.2 Å². The van der Waals surface area contributed by atoms with Crippen molar-refractivity contribution in [2.45, 2.75) is 38.8 Å². The van der Waals surface area contributed by atoms with Crippen molar-refractivity contribution in [3.05, 3.63) is 0 Å². The maximum absolute atomic E-state index is 5.84. The molecule has 0 radical (unpaired) electrons. The van der Waals surface area contributed by atoms with Gasteiger partial charge in [-0.3, -0.25) is 0 Å². The highest BCUT2D eigenvalue weighted by Crippen LogP contribution is 2.17. The Kier molecular flexibility index (Phi) is 2.69. The van der Waals surface area contributed by atoms with E-state index in [4.69, 9.17) is 5.73 Å². The average Bonchev–Trinajstić information content (AvgIpc) is 2.20. The fourth-order valence-corrected chi connectivity index (χ4v) is 1.63. The molecule has 2 nitrogen and oxygen atoms in total. The molecule has 10 heavy (non-hydrogen) atoms. The minimum absolute atomic E-state index is 0.386. The molecule has 1 saturated heterocycles. The third-order valence-corrected chi connectivity index (χ3v) is 2.53. The zero-order valence-corrected chi connectivity index (χ0v) is 6.93. The first-order valence-corrected chi connectivity index (χ1v) is 4.24. The van der Waals surface area contributed by atoms with E-state index in [1.165, 1.54) is 12.8 Å². The molecule has 1 fully saturated rings. The van der Waals surface area contributed by atoms with Crippen molar-refractivity contribution in [2.75, 3.05) is 6.54 Å². The van der Waals surface area contributed by atoms with Crippen LogP contribution in [0.2, 0.25) is 0 Å². The van der Waals surface area contributed by atoms with Gasteiger partial charge in [-0.1, -0.05) is 20.3 Å². The third kappa shape index (κ3) is 1.50. The van der Waals surface area contributed by atoms with Crippen molar-refractivity contribution < 1.29 is 0 Å². The van der Waals surface area contributed by atoms with Crippen LogP contribution in [-0.2, 0) is 0 Å². The summed E-state index contributed by atoms with van der Waals surface area (Å²) in [6, 6.07) is 1.07. The van der Waals surface area contributed by atoms with Crippen molar-refractivity contribution in [1.82, 2.24) is 5.32 Å². The van der Waals surface area contributed by atoms with Gasteiger partial charge in [0.1, 0.15) is 0 Å². The predicted octanol–water partition coefficient (Wildman–Crippen LogP) is 0.722. The number of nitrogens with one attached hydrogen (secondary N) is 1. The van der Waals surface area contributed by atoms with Crippen LogP contribution in [0.3, 0.4) is 0 Å². The molecule has 0 bridgehead atoms. The third-order valence-electron chi connectivity index (χ3n) is 2.53. The van der Waals surface area contributed by atoms with Crippen LogP contribution in [0, 0.1) is 5.92 Å². The van der Waals surface area contributed by atoms with Gasteiger partial charge in [0.15, 0.2) is 0 Å². The van der Waals surface area contributed by atoms with E-state index in [9.17, 15) is 0 Å². The predicted molar refractivity (Wildman–Crippen MR) is 43.8 cm³/mol. The molecule has 0 spiro atoms. The largest absolute Gasteiger partial charge is 0.326 e. The number of rotatable bonds is 2. The van der Waals surface area contributed by atoms with Crippen molar-refractivity contribution >= 4 is 0 Å². The summed E-state index contributed by atoms with van der Waals surface area (Å²) in [4.78, 5) is 0. The number of nitrogens with two attached hydrogens (primary N) is 1.